The van der Waals surface area contributed by atoms with Gasteiger partial charge in [-0.2, -0.15) is 0 Å². The van der Waals surface area contributed by atoms with Gasteiger partial charge in [-0.1, -0.05) is 59.1 Å². The average molecular weight is 240 g/mol. The van der Waals surface area contributed by atoms with Crippen molar-refractivity contribution in [2.24, 2.45) is 23.7 Å². The zero-order chi connectivity index (χ0) is 11.4. The Morgan fingerprint density at radius 3 is 1.24 bits per heavy atom. The summed E-state index contributed by atoms with van der Waals surface area (Å²) in [6.07, 6.45) is 16.7. The van der Waals surface area contributed by atoms with Crippen LogP contribution in [-0.4, -0.2) is 0 Å². The molecule has 0 unspecified atom stereocenters. The van der Waals surface area contributed by atoms with Crippen molar-refractivity contribution in [3.63, 3.8) is 0 Å². The van der Waals surface area contributed by atoms with Crippen LogP contribution in [-0.2, 0) is 0 Å². The molecule has 0 aliphatic heterocycles. The SMILES string of the molecule is C.CC1CCC(/C=C/C2CCC(C)CC2)CC1.[HH].[HH]. The Kier molecular flexibility index (Phi) is 6.30. The second-order valence-corrected chi connectivity index (χ2v) is 6.42. The summed E-state index contributed by atoms with van der Waals surface area (Å²) in [5, 5.41) is 0. The van der Waals surface area contributed by atoms with E-state index in [-0.39, 0.29) is 10.3 Å². The molecule has 2 saturated carbocycles. The van der Waals surface area contributed by atoms with Crippen LogP contribution in [0.2, 0.25) is 0 Å². The van der Waals surface area contributed by atoms with Crippen LogP contribution in [0.15, 0.2) is 12.2 Å². The Balaban J connectivity index is 0. The Morgan fingerprint density at radius 2 is 0.941 bits per heavy atom. The zero-order valence-corrected chi connectivity index (χ0v) is 11.1. The predicted molar refractivity (Wildman–Crippen MR) is 82.3 cm³/mol. The summed E-state index contributed by atoms with van der Waals surface area (Å²) in [6, 6.07) is 0. The monoisotopic (exact) mass is 240 g/mol. The molecule has 17 heavy (non-hydrogen) atoms. The number of hydrogen-bond acceptors (Lipinski definition) is 0. The Hall–Kier alpha value is -0.260. The molecule has 0 amide bonds. The van der Waals surface area contributed by atoms with Crippen LogP contribution in [0.3, 0.4) is 0 Å². The Bertz CT molecular complexity index is 197. The summed E-state index contributed by atoms with van der Waals surface area (Å²) in [5.74, 6) is 3.80. The molecule has 0 atom stereocenters. The van der Waals surface area contributed by atoms with Crippen molar-refractivity contribution >= 4 is 0 Å². The summed E-state index contributed by atoms with van der Waals surface area (Å²) >= 11 is 0. The lowest BCUT2D eigenvalue weighted by Crippen LogP contribution is -2.12. The van der Waals surface area contributed by atoms with Crippen LogP contribution < -0.4 is 0 Å². The van der Waals surface area contributed by atoms with Crippen LogP contribution >= 0.6 is 0 Å². The van der Waals surface area contributed by atoms with Crippen LogP contribution in [0.4, 0.5) is 0 Å². The minimum atomic E-state index is 0. The fraction of sp³-hybridized carbons (Fsp3) is 0.882. The fourth-order valence-corrected chi connectivity index (χ4v) is 3.27. The second kappa shape index (κ2) is 7.24. The third-order valence-electron chi connectivity index (χ3n) is 4.78. The molecule has 0 aromatic rings. The molecule has 0 heterocycles. The first-order chi connectivity index (χ1) is 7.74. The maximum atomic E-state index is 2.56. The quantitative estimate of drug-likeness (QED) is 0.495. The van der Waals surface area contributed by atoms with Crippen molar-refractivity contribution in [2.45, 2.75) is 72.6 Å². The van der Waals surface area contributed by atoms with E-state index in [4.69, 9.17) is 0 Å². The van der Waals surface area contributed by atoms with E-state index in [1.807, 2.05) is 0 Å². The van der Waals surface area contributed by atoms with Gasteiger partial charge >= 0.3 is 0 Å². The number of rotatable bonds is 2. The maximum Gasteiger partial charge on any atom is 0 e. The smallest absolute Gasteiger partial charge is 0 e. The molecular weight excluding hydrogens is 204 g/mol. The van der Waals surface area contributed by atoms with Crippen LogP contribution in [0, 0.1) is 23.7 Å². The molecule has 0 aromatic heterocycles. The van der Waals surface area contributed by atoms with E-state index in [0.29, 0.717) is 0 Å². The first-order valence-electron chi connectivity index (χ1n) is 7.42. The average Bonchev–Trinajstić information content (AvgIpc) is 2.30. The molecule has 2 rings (SSSR count). The summed E-state index contributed by atoms with van der Waals surface area (Å²) < 4.78 is 0. The van der Waals surface area contributed by atoms with Crippen molar-refractivity contribution in [1.82, 2.24) is 0 Å². The summed E-state index contributed by atoms with van der Waals surface area (Å²) in [7, 11) is 0. The molecule has 2 aliphatic rings. The van der Waals surface area contributed by atoms with Crippen molar-refractivity contribution < 1.29 is 2.85 Å². The highest BCUT2D eigenvalue weighted by Gasteiger charge is 2.18. The van der Waals surface area contributed by atoms with E-state index < -0.39 is 0 Å². The van der Waals surface area contributed by atoms with Gasteiger partial charge in [0.05, 0.1) is 0 Å². The fourth-order valence-electron chi connectivity index (χ4n) is 3.27. The van der Waals surface area contributed by atoms with Crippen LogP contribution in [0.5, 0.6) is 0 Å². The molecule has 0 aromatic carbocycles. The molecular formula is C17H36. The van der Waals surface area contributed by atoms with E-state index in [2.05, 4.69) is 26.0 Å². The molecule has 0 heteroatoms. The normalized spacial score (nSPS) is 38.9. The molecule has 2 aliphatic carbocycles. The van der Waals surface area contributed by atoms with Crippen LogP contribution in [0.25, 0.3) is 0 Å². The Morgan fingerprint density at radius 1 is 0.647 bits per heavy atom. The third-order valence-corrected chi connectivity index (χ3v) is 4.78. The predicted octanol–water partition coefficient (Wildman–Crippen LogP) is 6.32. The van der Waals surface area contributed by atoms with Gasteiger partial charge in [0.25, 0.3) is 0 Å². The lowest BCUT2D eigenvalue weighted by molar-refractivity contribution is 0.318. The molecule has 0 nitrogen and oxygen atoms in total. The molecule has 0 bridgehead atoms. The van der Waals surface area contributed by atoms with Gasteiger partial charge in [-0.25, -0.2) is 0 Å². The Labute approximate surface area is 112 Å². The number of allylic oxidation sites excluding steroid dienone is 2. The number of hydrogen-bond donors (Lipinski definition) is 0. The van der Waals surface area contributed by atoms with E-state index in [0.717, 1.165) is 23.7 Å². The van der Waals surface area contributed by atoms with Gasteiger partial charge in [0.15, 0.2) is 0 Å². The van der Waals surface area contributed by atoms with Gasteiger partial charge in [-0.05, 0) is 49.4 Å². The lowest BCUT2D eigenvalue weighted by atomic mass is 9.80. The summed E-state index contributed by atoms with van der Waals surface area (Å²) in [4.78, 5) is 0. The molecule has 104 valence electrons. The van der Waals surface area contributed by atoms with E-state index in [1.165, 1.54) is 51.4 Å². The van der Waals surface area contributed by atoms with E-state index in [1.54, 1.807) is 0 Å². The van der Waals surface area contributed by atoms with E-state index >= 15 is 0 Å². The first kappa shape index (κ1) is 14.8. The van der Waals surface area contributed by atoms with Gasteiger partial charge in [-0.3, -0.25) is 0 Å². The summed E-state index contributed by atoms with van der Waals surface area (Å²) in [6.45, 7) is 4.81. The standard InChI is InChI=1S/C16H28.CH4.2H2/c1-13-3-7-15(8-4-13)11-12-16-9-5-14(2)6-10-16;;;/h11-16H,3-10H2,1-2H3;1H4;2*1H/b12-11+;;;. The van der Waals surface area contributed by atoms with E-state index in [9.17, 15) is 0 Å². The van der Waals surface area contributed by atoms with Crippen molar-refractivity contribution in [3.05, 3.63) is 12.2 Å². The highest BCUT2D eigenvalue weighted by molar-refractivity contribution is 4.95. The third kappa shape index (κ3) is 4.85. The van der Waals surface area contributed by atoms with Crippen molar-refractivity contribution in [3.8, 4) is 0 Å². The molecule has 0 saturated heterocycles. The van der Waals surface area contributed by atoms with Gasteiger partial charge in [0, 0.05) is 2.85 Å². The minimum Gasteiger partial charge on any atom is -0.0851 e. The maximum absolute atomic E-state index is 2.56. The molecule has 0 spiro atoms. The minimum absolute atomic E-state index is 0. The summed E-state index contributed by atoms with van der Waals surface area (Å²) in [5.41, 5.74) is 0. The van der Waals surface area contributed by atoms with Gasteiger partial charge < -0.3 is 0 Å². The lowest BCUT2D eigenvalue weighted by Gasteiger charge is -2.26. The van der Waals surface area contributed by atoms with Gasteiger partial charge in [0.2, 0.25) is 0 Å². The molecule has 0 radical (unpaired) electrons. The highest BCUT2D eigenvalue weighted by atomic mass is 14.2. The molecule has 2 fully saturated rings. The van der Waals surface area contributed by atoms with Gasteiger partial charge in [0.1, 0.15) is 0 Å². The topological polar surface area (TPSA) is 0 Å². The van der Waals surface area contributed by atoms with Crippen molar-refractivity contribution in [1.29, 1.82) is 0 Å². The van der Waals surface area contributed by atoms with Gasteiger partial charge in [-0.15, -0.1) is 0 Å². The molecule has 0 N–H and O–H groups in total. The van der Waals surface area contributed by atoms with Crippen LogP contribution in [0.1, 0.15) is 75.5 Å². The highest BCUT2D eigenvalue weighted by Crippen LogP contribution is 2.32. The van der Waals surface area contributed by atoms with Crippen molar-refractivity contribution in [2.75, 3.05) is 0 Å². The second-order valence-electron chi connectivity index (χ2n) is 6.42. The largest absolute Gasteiger partial charge is 0.0851 e. The first-order valence-corrected chi connectivity index (χ1v) is 7.42. The zero-order valence-electron chi connectivity index (χ0n) is 11.1.